The molecule has 0 unspecified atom stereocenters. The van der Waals surface area contributed by atoms with Crippen molar-refractivity contribution < 1.29 is 9.18 Å². The smallest absolute Gasteiger partial charge is 0.163 e. The van der Waals surface area contributed by atoms with Crippen LogP contribution in [0, 0.1) is 11.7 Å². The summed E-state index contributed by atoms with van der Waals surface area (Å²) in [5.41, 5.74) is 0.475. The predicted molar refractivity (Wildman–Crippen MR) is 60.4 cm³/mol. The summed E-state index contributed by atoms with van der Waals surface area (Å²) in [6.45, 7) is 0. The van der Waals surface area contributed by atoms with Crippen LogP contribution in [0.3, 0.4) is 0 Å². The number of carbonyl (C=O) groups excluding carboxylic acids is 1. The second-order valence-electron chi connectivity index (χ2n) is 4.06. The van der Waals surface area contributed by atoms with Gasteiger partial charge in [0.15, 0.2) is 5.78 Å². The van der Waals surface area contributed by atoms with Gasteiger partial charge in [0.2, 0.25) is 0 Å². The molecule has 1 aliphatic carbocycles. The first-order chi connectivity index (χ1) is 7.15. The summed E-state index contributed by atoms with van der Waals surface area (Å²) >= 11 is 3.18. The molecule has 15 heavy (non-hydrogen) atoms. The molecule has 1 saturated carbocycles. The third-order valence-electron chi connectivity index (χ3n) is 2.66. The van der Waals surface area contributed by atoms with Crippen LogP contribution in [-0.2, 0) is 0 Å². The highest BCUT2D eigenvalue weighted by Gasteiger charge is 2.22. The van der Waals surface area contributed by atoms with Gasteiger partial charge >= 0.3 is 0 Å². The summed E-state index contributed by atoms with van der Waals surface area (Å²) in [6, 6.07) is 4.34. The Labute approximate surface area is 96.8 Å². The first-order valence-electron chi connectivity index (χ1n) is 5.14. The lowest BCUT2D eigenvalue weighted by Crippen LogP contribution is -2.00. The van der Waals surface area contributed by atoms with Crippen molar-refractivity contribution in [2.45, 2.75) is 25.7 Å². The van der Waals surface area contributed by atoms with E-state index in [1.165, 1.54) is 25.0 Å². The number of benzene rings is 1. The lowest BCUT2D eigenvalue weighted by atomic mass is 10.1. The molecule has 2 rings (SSSR count). The molecule has 1 aromatic carbocycles. The van der Waals surface area contributed by atoms with E-state index in [0.717, 1.165) is 12.3 Å². The van der Waals surface area contributed by atoms with E-state index in [-0.39, 0.29) is 11.6 Å². The predicted octanol–water partition coefficient (Wildman–Crippen LogP) is 3.96. The molecule has 1 aromatic rings. The van der Waals surface area contributed by atoms with Crippen LogP contribution in [0.5, 0.6) is 0 Å². The Hall–Kier alpha value is -0.700. The zero-order valence-corrected chi connectivity index (χ0v) is 9.89. The molecular formula is C12H12BrFO. The maximum atomic E-state index is 13.0. The molecule has 80 valence electrons. The number of rotatable bonds is 4. The average Bonchev–Trinajstić information content (AvgIpc) is 2.96. The van der Waals surface area contributed by atoms with Gasteiger partial charge in [-0.05, 0) is 30.5 Å². The molecular weight excluding hydrogens is 259 g/mol. The number of ketones is 1. The van der Waals surface area contributed by atoms with Crippen molar-refractivity contribution in [2.75, 3.05) is 0 Å². The number of hydrogen-bond acceptors (Lipinski definition) is 1. The van der Waals surface area contributed by atoms with Gasteiger partial charge in [-0.3, -0.25) is 4.79 Å². The summed E-state index contributed by atoms with van der Waals surface area (Å²) < 4.78 is 13.6. The summed E-state index contributed by atoms with van der Waals surface area (Å²) in [6.07, 6.45) is 3.99. The molecule has 1 nitrogen and oxygen atoms in total. The summed E-state index contributed by atoms with van der Waals surface area (Å²) in [5, 5.41) is 0. The van der Waals surface area contributed by atoms with E-state index < -0.39 is 0 Å². The Morgan fingerprint density at radius 3 is 2.73 bits per heavy atom. The van der Waals surface area contributed by atoms with Crippen molar-refractivity contribution in [2.24, 2.45) is 5.92 Å². The van der Waals surface area contributed by atoms with Crippen LogP contribution >= 0.6 is 15.9 Å². The Kier molecular flexibility index (Phi) is 3.19. The largest absolute Gasteiger partial charge is 0.294 e. The molecule has 0 heterocycles. The highest BCUT2D eigenvalue weighted by atomic mass is 79.9. The van der Waals surface area contributed by atoms with Gasteiger partial charge in [-0.1, -0.05) is 28.8 Å². The monoisotopic (exact) mass is 270 g/mol. The fourth-order valence-corrected chi connectivity index (χ4v) is 2.07. The Morgan fingerprint density at radius 1 is 1.40 bits per heavy atom. The van der Waals surface area contributed by atoms with E-state index in [2.05, 4.69) is 15.9 Å². The fourth-order valence-electron chi connectivity index (χ4n) is 1.60. The molecule has 3 heteroatoms. The van der Waals surface area contributed by atoms with Crippen LogP contribution in [0.2, 0.25) is 0 Å². The van der Waals surface area contributed by atoms with Gasteiger partial charge in [-0.15, -0.1) is 0 Å². The van der Waals surface area contributed by atoms with E-state index in [1.54, 1.807) is 6.07 Å². The molecule has 0 saturated heterocycles. The van der Waals surface area contributed by atoms with Gasteiger partial charge in [0.25, 0.3) is 0 Å². The number of hydrogen-bond donors (Lipinski definition) is 0. The Morgan fingerprint density at radius 2 is 2.13 bits per heavy atom. The lowest BCUT2D eigenvalue weighted by Gasteiger charge is -2.01. The fraction of sp³-hybridized carbons (Fsp3) is 0.417. The molecule has 0 amide bonds. The number of carbonyl (C=O) groups is 1. The van der Waals surface area contributed by atoms with Crippen molar-refractivity contribution in [3.8, 4) is 0 Å². The second kappa shape index (κ2) is 4.44. The maximum absolute atomic E-state index is 13.0. The molecule has 0 radical (unpaired) electrons. The molecule has 0 atom stereocenters. The van der Waals surface area contributed by atoms with Crippen molar-refractivity contribution >= 4 is 21.7 Å². The van der Waals surface area contributed by atoms with Gasteiger partial charge < -0.3 is 0 Å². The first kappa shape index (κ1) is 10.8. The van der Waals surface area contributed by atoms with Gasteiger partial charge in [-0.2, -0.15) is 0 Å². The Bertz CT molecular complexity index is 365. The Balaban J connectivity index is 2.02. The van der Waals surface area contributed by atoms with Crippen LogP contribution in [0.4, 0.5) is 4.39 Å². The van der Waals surface area contributed by atoms with Crippen molar-refractivity contribution in [3.05, 3.63) is 34.1 Å². The van der Waals surface area contributed by atoms with Gasteiger partial charge in [0.1, 0.15) is 5.82 Å². The molecule has 0 aliphatic heterocycles. The average molecular weight is 271 g/mol. The van der Waals surface area contributed by atoms with Gasteiger partial charge in [-0.25, -0.2) is 4.39 Å². The normalized spacial score (nSPS) is 15.3. The van der Waals surface area contributed by atoms with Crippen LogP contribution < -0.4 is 0 Å². The molecule has 0 bridgehead atoms. The van der Waals surface area contributed by atoms with Crippen molar-refractivity contribution in [3.63, 3.8) is 0 Å². The highest BCUT2D eigenvalue weighted by Crippen LogP contribution is 2.34. The molecule has 1 aliphatic rings. The van der Waals surface area contributed by atoms with Crippen LogP contribution in [0.25, 0.3) is 0 Å². The van der Waals surface area contributed by atoms with Crippen molar-refractivity contribution in [1.82, 2.24) is 0 Å². The minimum atomic E-state index is -0.362. The quantitative estimate of drug-likeness (QED) is 0.757. The van der Waals surface area contributed by atoms with Crippen LogP contribution in [0.15, 0.2) is 22.7 Å². The maximum Gasteiger partial charge on any atom is 0.163 e. The van der Waals surface area contributed by atoms with Crippen molar-refractivity contribution in [1.29, 1.82) is 0 Å². The van der Waals surface area contributed by atoms with E-state index in [9.17, 15) is 9.18 Å². The van der Waals surface area contributed by atoms with Crippen LogP contribution in [-0.4, -0.2) is 5.78 Å². The van der Waals surface area contributed by atoms with E-state index in [4.69, 9.17) is 0 Å². The molecule has 0 spiro atoms. The summed E-state index contributed by atoms with van der Waals surface area (Å²) in [4.78, 5) is 11.7. The minimum absolute atomic E-state index is 0.0436. The van der Waals surface area contributed by atoms with Gasteiger partial charge in [0.05, 0.1) is 0 Å². The third-order valence-corrected chi connectivity index (χ3v) is 3.12. The molecule has 0 aromatic heterocycles. The van der Waals surface area contributed by atoms with Crippen LogP contribution in [0.1, 0.15) is 36.0 Å². The van der Waals surface area contributed by atoms with E-state index >= 15 is 0 Å². The number of Topliss-reactive ketones (excluding diaryl/α,β-unsaturated/α-hetero) is 1. The van der Waals surface area contributed by atoms with Gasteiger partial charge in [0, 0.05) is 16.5 Å². The molecule has 1 fully saturated rings. The molecule has 0 N–H and O–H groups in total. The van der Waals surface area contributed by atoms with E-state index in [0.29, 0.717) is 16.5 Å². The second-order valence-corrected chi connectivity index (χ2v) is 4.98. The van der Waals surface area contributed by atoms with E-state index in [1.807, 2.05) is 0 Å². The first-order valence-corrected chi connectivity index (χ1v) is 5.94. The summed E-state index contributed by atoms with van der Waals surface area (Å²) in [5.74, 6) is 0.423. The zero-order chi connectivity index (χ0) is 10.8. The topological polar surface area (TPSA) is 17.1 Å². The standard InChI is InChI=1S/C12H12BrFO/c13-10-5-9(6-11(14)7-10)12(15)4-3-8-1-2-8/h5-8H,1-4H2. The highest BCUT2D eigenvalue weighted by molar-refractivity contribution is 9.10. The number of halogens is 2. The summed E-state index contributed by atoms with van der Waals surface area (Å²) in [7, 11) is 0. The minimum Gasteiger partial charge on any atom is -0.294 e. The third kappa shape index (κ3) is 3.13. The zero-order valence-electron chi connectivity index (χ0n) is 8.30. The SMILES string of the molecule is O=C(CCC1CC1)c1cc(F)cc(Br)c1. The lowest BCUT2D eigenvalue weighted by molar-refractivity contribution is 0.0977.